The number of benzene rings is 3. The Balaban J connectivity index is 1.60. The molecular weight excluding hydrogens is 478 g/mol. The van der Waals surface area contributed by atoms with E-state index in [0.29, 0.717) is 35.8 Å². The molecule has 3 rings (SSSR count). The van der Waals surface area contributed by atoms with E-state index in [9.17, 15) is 14.9 Å². The van der Waals surface area contributed by atoms with Gasteiger partial charge in [0.25, 0.3) is 11.6 Å². The zero-order chi connectivity index (χ0) is 22.9. The third-order valence-corrected chi connectivity index (χ3v) is 4.84. The van der Waals surface area contributed by atoms with Gasteiger partial charge in [0.1, 0.15) is 18.1 Å². The van der Waals surface area contributed by atoms with E-state index in [1.54, 1.807) is 31.2 Å². The number of amides is 1. The molecule has 0 aliphatic rings. The first kappa shape index (κ1) is 23.0. The molecule has 3 aromatic carbocycles. The number of hydrogen-bond donors (Lipinski definition) is 1. The Labute approximate surface area is 193 Å². The van der Waals surface area contributed by atoms with Gasteiger partial charge in [-0.2, -0.15) is 5.10 Å². The topological polar surface area (TPSA) is 103 Å². The second-order valence-corrected chi connectivity index (χ2v) is 7.47. The number of hydrogen-bond acceptors (Lipinski definition) is 6. The third-order valence-electron chi connectivity index (χ3n) is 4.31. The van der Waals surface area contributed by atoms with Crippen LogP contribution in [0.3, 0.4) is 0 Å². The van der Waals surface area contributed by atoms with Crippen LogP contribution >= 0.6 is 15.9 Å². The molecule has 0 spiro atoms. The number of nitro benzene ring substituents is 1. The number of nitro groups is 1. The van der Waals surface area contributed by atoms with Crippen molar-refractivity contribution < 1.29 is 19.2 Å². The highest BCUT2D eigenvalue weighted by Gasteiger charge is 2.11. The van der Waals surface area contributed by atoms with Gasteiger partial charge in [0.05, 0.1) is 17.7 Å². The van der Waals surface area contributed by atoms with Crippen molar-refractivity contribution >= 4 is 33.7 Å². The van der Waals surface area contributed by atoms with Crippen LogP contribution in [-0.4, -0.2) is 23.7 Å². The zero-order valence-electron chi connectivity index (χ0n) is 17.2. The van der Waals surface area contributed by atoms with Gasteiger partial charge in [-0.25, -0.2) is 5.43 Å². The van der Waals surface area contributed by atoms with Crippen LogP contribution in [0.5, 0.6) is 11.5 Å². The van der Waals surface area contributed by atoms with Gasteiger partial charge in [0.2, 0.25) is 0 Å². The summed E-state index contributed by atoms with van der Waals surface area (Å²) < 4.78 is 12.2. The summed E-state index contributed by atoms with van der Waals surface area (Å²) in [5.74, 6) is 0.637. The minimum Gasteiger partial charge on any atom is -0.493 e. The zero-order valence-corrected chi connectivity index (χ0v) is 18.7. The quantitative estimate of drug-likeness (QED) is 0.251. The summed E-state index contributed by atoms with van der Waals surface area (Å²) in [7, 11) is 0. The van der Waals surface area contributed by atoms with E-state index in [1.807, 2.05) is 24.3 Å². The van der Waals surface area contributed by atoms with Crippen LogP contribution < -0.4 is 14.9 Å². The predicted octanol–water partition coefficient (Wildman–Crippen LogP) is 5.10. The van der Waals surface area contributed by atoms with Crippen molar-refractivity contribution in [3.05, 3.63) is 98.0 Å². The highest BCUT2D eigenvalue weighted by atomic mass is 79.9. The Bertz CT molecular complexity index is 1120. The molecule has 1 amide bonds. The smallest absolute Gasteiger partial charge is 0.271 e. The molecule has 0 fully saturated rings. The lowest BCUT2D eigenvalue weighted by molar-refractivity contribution is -0.384. The van der Waals surface area contributed by atoms with Crippen LogP contribution in [0.2, 0.25) is 0 Å². The van der Waals surface area contributed by atoms with Crippen LogP contribution in [0.25, 0.3) is 0 Å². The molecule has 32 heavy (non-hydrogen) atoms. The fraction of sp³-hybridized carbons (Fsp3) is 0.130. The summed E-state index contributed by atoms with van der Waals surface area (Å²) in [4.78, 5) is 22.8. The maximum absolute atomic E-state index is 12.3. The minimum atomic E-state index is -0.508. The summed E-state index contributed by atoms with van der Waals surface area (Å²) in [5, 5.41) is 14.9. The molecule has 3 aromatic rings. The number of non-ortho nitro benzene ring substituents is 1. The van der Waals surface area contributed by atoms with Crippen LogP contribution in [-0.2, 0) is 6.61 Å². The summed E-state index contributed by atoms with van der Waals surface area (Å²) >= 11 is 3.39. The summed E-state index contributed by atoms with van der Waals surface area (Å²) in [5.41, 5.74) is 4.11. The molecule has 0 unspecified atom stereocenters. The van der Waals surface area contributed by atoms with Crippen molar-refractivity contribution in [2.24, 2.45) is 5.10 Å². The Hall–Kier alpha value is -3.72. The van der Waals surface area contributed by atoms with Crippen molar-refractivity contribution in [3.63, 3.8) is 0 Å². The van der Waals surface area contributed by atoms with Crippen molar-refractivity contribution in [2.75, 3.05) is 6.61 Å². The van der Waals surface area contributed by atoms with E-state index in [0.717, 1.165) is 10.0 Å². The summed E-state index contributed by atoms with van der Waals surface area (Å²) in [6, 6.07) is 18.6. The normalized spacial score (nSPS) is 10.7. The number of nitrogens with one attached hydrogen (secondary N) is 1. The number of carbonyl (C=O) groups is 1. The van der Waals surface area contributed by atoms with E-state index in [1.165, 1.54) is 24.4 Å². The van der Waals surface area contributed by atoms with E-state index in [-0.39, 0.29) is 5.69 Å². The Morgan fingerprint density at radius 2 is 1.81 bits per heavy atom. The van der Waals surface area contributed by atoms with Gasteiger partial charge in [0.15, 0.2) is 0 Å². The van der Waals surface area contributed by atoms with Gasteiger partial charge in [-0.3, -0.25) is 14.9 Å². The number of rotatable bonds is 9. The second kappa shape index (κ2) is 11.1. The average molecular weight is 498 g/mol. The number of ether oxygens (including phenoxy) is 2. The lowest BCUT2D eigenvalue weighted by Gasteiger charge is -2.08. The Morgan fingerprint density at radius 3 is 2.47 bits per heavy atom. The fourth-order valence-corrected chi connectivity index (χ4v) is 2.98. The molecule has 0 heterocycles. The van der Waals surface area contributed by atoms with Gasteiger partial charge >= 0.3 is 0 Å². The van der Waals surface area contributed by atoms with Gasteiger partial charge < -0.3 is 9.47 Å². The standard InChI is InChI=1S/C23H20BrN3O5/c1-2-31-22-12-9-20(27(29)30)13-18(22)14-25-26-23(28)17-5-10-21(11-6-17)32-15-16-3-7-19(24)8-4-16/h3-14H,2,15H2,1H3,(H,26,28). The first-order chi connectivity index (χ1) is 15.5. The van der Waals surface area contributed by atoms with Crippen LogP contribution in [0, 0.1) is 10.1 Å². The van der Waals surface area contributed by atoms with Crippen LogP contribution in [0.1, 0.15) is 28.4 Å². The number of hydrazone groups is 1. The largest absolute Gasteiger partial charge is 0.493 e. The van der Waals surface area contributed by atoms with E-state index in [2.05, 4.69) is 26.5 Å². The van der Waals surface area contributed by atoms with Gasteiger partial charge in [-0.1, -0.05) is 28.1 Å². The Morgan fingerprint density at radius 1 is 1.09 bits per heavy atom. The van der Waals surface area contributed by atoms with Crippen molar-refractivity contribution in [3.8, 4) is 11.5 Å². The van der Waals surface area contributed by atoms with Crippen molar-refractivity contribution in [1.82, 2.24) is 5.43 Å². The average Bonchev–Trinajstić information content (AvgIpc) is 2.80. The minimum absolute atomic E-state index is 0.0973. The van der Waals surface area contributed by atoms with E-state index in [4.69, 9.17) is 9.47 Å². The SMILES string of the molecule is CCOc1ccc([N+](=O)[O-])cc1C=NNC(=O)c1ccc(OCc2ccc(Br)cc2)cc1. The molecule has 8 nitrogen and oxygen atoms in total. The molecule has 0 aliphatic carbocycles. The molecule has 1 N–H and O–H groups in total. The first-order valence-corrected chi connectivity index (χ1v) is 10.5. The number of carbonyl (C=O) groups excluding carboxylic acids is 1. The van der Waals surface area contributed by atoms with E-state index >= 15 is 0 Å². The van der Waals surface area contributed by atoms with Gasteiger partial charge in [-0.05, 0) is 55.0 Å². The molecule has 0 saturated carbocycles. The van der Waals surface area contributed by atoms with Crippen molar-refractivity contribution in [1.29, 1.82) is 0 Å². The summed E-state index contributed by atoms with van der Waals surface area (Å²) in [6.07, 6.45) is 1.31. The lowest BCUT2D eigenvalue weighted by atomic mass is 10.2. The Kier molecular flexibility index (Phi) is 7.93. The van der Waals surface area contributed by atoms with Crippen LogP contribution in [0.15, 0.2) is 76.3 Å². The van der Waals surface area contributed by atoms with Gasteiger partial charge in [0, 0.05) is 27.7 Å². The molecule has 0 saturated heterocycles. The molecule has 0 bridgehead atoms. The monoisotopic (exact) mass is 497 g/mol. The number of nitrogens with zero attached hydrogens (tertiary/aromatic N) is 2. The highest BCUT2D eigenvalue weighted by Crippen LogP contribution is 2.23. The van der Waals surface area contributed by atoms with Crippen LogP contribution in [0.4, 0.5) is 5.69 Å². The molecule has 0 aromatic heterocycles. The molecule has 0 atom stereocenters. The van der Waals surface area contributed by atoms with Crippen molar-refractivity contribution in [2.45, 2.75) is 13.5 Å². The predicted molar refractivity (Wildman–Crippen MR) is 124 cm³/mol. The first-order valence-electron chi connectivity index (χ1n) is 9.68. The molecule has 9 heteroatoms. The molecule has 0 radical (unpaired) electrons. The lowest BCUT2D eigenvalue weighted by Crippen LogP contribution is -2.17. The number of halogens is 1. The fourth-order valence-electron chi connectivity index (χ4n) is 2.71. The maximum atomic E-state index is 12.3. The molecule has 0 aliphatic heterocycles. The molecular formula is C23H20BrN3O5. The summed E-state index contributed by atoms with van der Waals surface area (Å²) in [6.45, 7) is 2.60. The third kappa shape index (κ3) is 6.39. The second-order valence-electron chi connectivity index (χ2n) is 6.55. The van der Waals surface area contributed by atoms with E-state index < -0.39 is 10.8 Å². The molecule has 164 valence electrons. The highest BCUT2D eigenvalue weighted by molar-refractivity contribution is 9.10. The maximum Gasteiger partial charge on any atom is 0.271 e. The van der Waals surface area contributed by atoms with Gasteiger partial charge in [-0.15, -0.1) is 0 Å².